The lowest BCUT2D eigenvalue weighted by molar-refractivity contribution is -0.384. The largest absolute Gasteiger partial charge is 0.271 e. The van der Waals surface area contributed by atoms with Gasteiger partial charge in [0.25, 0.3) is 15.7 Å². The molecule has 106 valence electrons. The second-order valence-corrected chi connectivity index (χ2v) is 6.72. The summed E-state index contributed by atoms with van der Waals surface area (Å²) in [6, 6.07) is 3.16. The SMILES string of the molecule is CN(c1nncs1)S(=O)(=O)c1ccc([N+](=O)[O-])cc1Cl. The molecule has 2 aromatic rings. The number of hydrogen-bond acceptors (Lipinski definition) is 7. The second kappa shape index (κ2) is 5.31. The third-order valence-electron chi connectivity index (χ3n) is 2.38. The first-order valence-corrected chi connectivity index (χ1v) is 7.73. The van der Waals surface area contributed by atoms with Gasteiger partial charge in [-0.05, 0) is 6.07 Å². The van der Waals surface area contributed by atoms with E-state index in [2.05, 4.69) is 10.2 Å². The van der Waals surface area contributed by atoms with Crippen LogP contribution in [0.15, 0.2) is 28.6 Å². The van der Waals surface area contributed by atoms with Gasteiger partial charge in [-0.25, -0.2) is 12.7 Å². The highest BCUT2D eigenvalue weighted by atomic mass is 35.5. The topological polar surface area (TPSA) is 106 Å². The van der Waals surface area contributed by atoms with Crippen molar-refractivity contribution in [3.8, 4) is 0 Å². The van der Waals surface area contributed by atoms with Gasteiger partial charge in [0.15, 0.2) is 0 Å². The maximum atomic E-state index is 12.3. The van der Waals surface area contributed by atoms with Crippen molar-refractivity contribution < 1.29 is 13.3 Å². The van der Waals surface area contributed by atoms with Crippen LogP contribution in [-0.2, 0) is 10.0 Å². The average Bonchev–Trinajstić information content (AvgIpc) is 2.90. The van der Waals surface area contributed by atoms with Gasteiger partial charge in [0.1, 0.15) is 10.4 Å². The average molecular weight is 335 g/mol. The zero-order chi connectivity index (χ0) is 14.9. The van der Waals surface area contributed by atoms with Crippen LogP contribution in [-0.4, -0.2) is 30.6 Å². The van der Waals surface area contributed by atoms with Gasteiger partial charge in [-0.1, -0.05) is 22.9 Å². The Morgan fingerprint density at radius 1 is 1.45 bits per heavy atom. The molecule has 0 atom stereocenters. The molecular weight excluding hydrogens is 328 g/mol. The third-order valence-corrected chi connectivity index (χ3v) is 5.49. The van der Waals surface area contributed by atoms with Gasteiger partial charge < -0.3 is 0 Å². The van der Waals surface area contributed by atoms with Gasteiger partial charge in [0, 0.05) is 19.2 Å². The summed E-state index contributed by atoms with van der Waals surface area (Å²) in [5, 5.41) is 17.7. The molecule has 0 aliphatic heterocycles. The molecule has 0 spiro atoms. The molecule has 0 N–H and O–H groups in total. The fraction of sp³-hybridized carbons (Fsp3) is 0.111. The molecule has 0 bridgehead atoms. The molecule has 11 heteroatoms. The Kier molecular flexibility index (Phi) is 3.88. The lowest BCUT2D eigenvalue weighted by atomic mass is 10.3. The van der Waals surface area contributed by atoms with Gasteiger partial charge in [0.2, 0.25) is 5.13 Å². The molecule has 0 amide bonds. The predicted octanol–water partition coefficient (Wildman–Crippen LogP) is 1.92. The van der Waals surface area contributed by atoms with Crippen LogP contribution >= 0.6 is 22.9 Å². The molecular formula is C9H7ClN4O4S2. The van der Waals surface area contributed by atoms with Crippen molar-refractivity contribution in [2.75, 3.05) is 11.4 Å². The van der Waals surface area contributed by atoms with Gasteiger partial charge in [0.05, 0.1) is 9.95 Å². The zero-order valence-electron chi connectivity index (χ0n) is 9.93. The fourth-order valence-corrected chi connectivity index (χ4v) is 3.77. The van der Waals surface area contributed by atoms with E-state index in [0.717, 1.165) is 33.8 Å². The molecule has 0 aliphatic carbocycles. The normalized spacial score (nSPS) is 11.3. The molecule has 0 aliphatic rings. The van der Waals surface area contributed by atoms with Crippen molar-refractivity contribution >= 4 is 43.8 Å². The monoisotopic (exact) mass is 334 g/mol. The molecule has 0 fully saturated rings. The lowest BCUT2D eigenvalue weighted by Crippen LogP contribution is -2.26. The van der Waals surface area contributed by atoms with Crippen LogP contribution in [0.25, 0.3) is 0 Å². The molecule has 0 saturated carbocycles. The van der Waals surface area contributed by atoms with Crippen LogP contribution in [0.2, 0.25) is 5.02 Å². The first-order chi connectivity index (χ1) is 9.34. The number of benzene rings is 1. The molecule has 0 unspecified atom stereocenters. The summed E-state index contributed by atoms with van der Waals surface area (Å²) in [6.07, 6.45) is 0. The van der Waals surface area contributed by atoms with Crippen LogP contribution in [0.1, 0.15) is 0 Å². The van der Waals surface area contributed by atoms with Gasteiger partial charge in [-0.2, -0.15) is 0 Å². The van der Waals surface area contributed by atoms with E-state index < -0.39 is 14.9 Å². The summed E-state index contributed by atoms with van der Waals surface area (Å²) in [7, 11) is -2.65. The van der Waals surface area contributed by atoms with E-state index in [4.69, 9.17) is 11.6 Å². The predicted molar refractivity (Wildman–Crippen MR) is 73.6 cm³/mol. The van der Waals surface area contributed by atoms with E-state index in [-0.39, 0.29) is 20.7 Å². The van der Waals surface area contributed by atoms with Crippen molar-refractivity contribution in [1.29, 1.82) is 0 Å². The van der Waals surface area contributed by atoms with Gasteiger partial charge in [-0.3, -0.25) is 10.1 Å². The Bertz CT molecular complexity index is 747. The van der Waals surface area contributed by atoms with Gasteiger partial charge >= 0.3 is 0 Å². The maximum absolute atomic E-state index is 12.3. The second-order valence-electron chi connectivity index (χ2n) is 3.57. The number of aromatic nitrogens is 2. The highest BCUT2D eigenvalue weighted by Gasteiger charge is 2.27. The number of non-ortho nitro benzene ring substituents is 1. The molecule has 8 nitrogen and oxygen atoms in total. The summed E-state index contributed by atoms with van der Waals surface area (Å²) in [6.45, 7) is 0. The highest BCUT2D eigenvalue weighted by Crippen LogP contribution is 2.30. The minimum atomic E-state index is -3.95. The molecule has 2 rings (SSSR count). The van der Waals surface area contributed by atoms with Gasteiger partial charge in [-0.15, -0.1) is 10.2 Å². The third kappa shape index (κ3) is 2.57. The van der Waals surface area contributed by atoms with E-state index in [1.54, 1.807) is 0 Å². The lowest BCUT2D eigenvalue weighted by Gasteiger charge is -2.16. The van der Waals surface area contributed by atoms with E-state index in [9.17, 15) is 18.5 Å². The molecule has 0 radical (unpaired) electrons. The van der Waals surface area contributed by atoms with Crippen LogP contribution in [0.5, 0.6) is 0 Å². The Hall–Kier alpha value is -1.78. The van der Waals surface area contributed by atoms with Crippen molar-refractivity contribution in [1.82, 2.24) is 10.2 Å². The summed E-state index contributed by atoms with van der Waals surface area (Å²) in [5.41, 5.74) is 1.10. The number of nitro groups is 1. The van der Waals surface area contributed by atoms with Crippen molar-refractivity contribution in [3.05, 3.63) is 38.8 Å². The number of hydrogen-bond donors (Lipinski definition) is 0. The van der Waals surface area contributed by atoms with Crippen LogP contribution in [0.3, 0.4) is 0 Å². The van der Waals surface area contributed by atoms with E-state index in [1.807, 2.05) is 0 Å². The Morgan fingerprint density at radius 3 is 2.65 bits per heavy atom. The van der Waals surface area contributed by atoms with E-state index >= 15 is 0 Å². The molecule has 1 aromatic heterocycles. The molecule has 20 heavy (non-hydrogen) atoms. The molecule has 1 aromatic carbocycles. The van der Waals surface area contributed by atoms with Crippen molar-refractivity contribution in [2.24, 2.45) is 0 Å². The number of halogens is 1. The zero-order valence-corrected chi connectivity index (χ0v) is 12.3. The first kappa shape index (κ1) is 14.6. The van der Waals surface area contributed by atoms with E-state index in [1.165, 1.54) is 12.6 Å². The van der Waals surface area contributed by atoms with Crippen LogP contribution in [0.4, 0.5) is 10.8 Å². The minimum Gasteiger partial charge on any atom is -0.258 e. The minimum absolute atomic E-state index is 0.166. The molecule has 1 heterocycles. The highest BCUT2D eigenvalue weighted by molar-refractivity contribution is 7.93. The standard InChI is InChI=1S/C9H7ClN4O4S2/c1-13(9-12-11-5-19-9)20(17,18)8-3-2-6(14(15)16)4-7(8)10/h2-5H,1H3. The molecule has 0 saturated heterocycles. The first-order valence-electron chi connectivity index (χ1n) is 5.03. The van der Waals surface area contributed by atoms with Crippen molar-refractivity contribution in [3.63, 3.8) is 0 Å². The van der Waals surface area contributed by atoms with Crippen LogP contribution < -0.4 is 4.31 Å². The summed E-state index contributed by atoms with van der Waals surface area (Å²) >= 11 is 6.86. The number of anilines is 1. The smallest absolute Gasteiger partial charge is 0.258 e. The van der Waals surface area contributed by atoms with Crippen molar-refractivity contribution in [2.45, 2.75) is 4.90 Å². The summed E-state index contributed by atoms with van der Waals surface area (Å²) < 4.78 is 25.6. The Balaban J connectivity index is 2.47. The number of nitro benzene ring substituents is 1. The van der Waals surface area contributed by atoms with Crippen LogP contribution in [0, 0.1) is 10.1 Å². The number of sulfonamides is 1. The fourth-order valence-electron chi connectivity index (χ4n) is 1.37. The quantitative estimate of drug-likeness (QED) is 0.624. The number of rotatable bonds is 4. The summed E-state index contributed by atoms with van der Waals surface area (Å²) in [5.74, 6) is 0. The Labute approximate surface area is 122 Å². The number of nitrogens with zero attached hydrogens (tertiary/aromatic N) is 4. The van der Waals surface area contributed by atoms with E-state index in [0.29, 0.717) is 0 Å². The Morgan fingerprint density at radius 2 is 2.15 bits per heavy atom. The summed E-state index contributed by atoms with van der Waals surface area (Å²) in [4.78, 5) is 9.72. The maximum Gasteiger partial charge on any atom is 0.271 e.